The van der Waals surface area contributed by atoms with Crippen LogP contribution in [0, 0.1) is 12.7 Å². The number of ether oxygens (including phenoxy) is 1. The van der Waals surface area contributed by atoms with E-state index in [1.165, 1.54) is 25.0 Å². The molecule has 0 aromatic heterocycles. The van der Waals surface area contributed by atoms with Gasteiger partial charge >= 0.3 is 0 Å². The van der Waals surface area contributed by atoms with Gasteiger partial charge in [0.2, 0.25) is 0 Å². The summed E-state index contributed by atoms with van der Waals surface area (Å²) in [6, 6.07) is 5.22. The SMILES string of the molecule is Cc1ccc(F)cc1OC1CCCC(CO)(NC2CC2)C1. The molecule has 2 saturated carbocycles. The van der Waals surface area contributed by atoms with Crippen LogP contribution in [0.4, 0.5) is 4.39 Å². The monoisotopic (exact) mass is 293 g/mol. The average Bonchev–Trinajstić information content (AvgIpc) is 3.27. The summed E-state index contributed by atoms with van der Waals surface area (Å²) in [5, 5.41) is 13.4. The van der Waals surface area contributed by atoms with Crippen molar-refractivity contribution in [1.29, 1.82) is 0 Å². The Hall–Kier alpha value is -1.13. The highest BCUT2D eigenvalue weighted by molar-refractivity contribution is 5.33. The molecular weight excluding hydrogens is 269 g/mol. The molecule has 2 aliphatic carbocycles. The van der Waals surface area contributed by atoms with Crippen LogP contribution in [0.3, 0.4) is 0 Å². The van der Waals surface area contributed by atoms with Crippen LogP contribution in [0.5, 0.6) is 5.75 Å². The first kappa shape index (κ1) is 14.8. The van der Waals surface area contributed by atoms with Gasteiger partial charge in [0.25, 0.3) is 0 Å². The fourth-order valence-electron chi connectivity index (χ4n) is 3.27. The molecule has 0 aliphatic heterocycles. The van der Waals surface area contributed by atoms with Gasteiger partial charge in [0, 0.05) is 24.1 Å². The lowest BCUT2D eigenvalue weighted by atomic mass is 9.80. The van der Waals surface area contributed by atoms with Crippen molar-refractivity contribution in [2.24, 2.45) is 0 Å². The largest absolute Gasteiger partial charge is 0.490 e. The molecule has 4 heteroatoms. The van der Waals surface area contributed by atoms with E-state index in [4.69, 9.17) is 4.74 Å². The molecule has 0 radical (unpaired) electrons. The summed E-state index contributed by atoms with van der Waals surface area (Å²) >= 11 is 0. The van der Waals surface area contributed by atoms with Gasteiger partial charge in [-0.3, -0.25) is 0 Å². The van der Waals surface area contributed by atoms with Crippen molar-refractivity contribution < 1.29 is 14.2 Å². The van der Waals surface area contributed by atoms with Crippen LogP contribution in [0.25, 0.3) is 0 Å². The van der Waals surface area contributed by atoms with E-state index < -0.39 is 0 Å². The van der Waals surface area contributed by atoms with E-state index in [0.717, 1.165) is 31.2 Å². The number of halogens is 1. The Morgan fingerprint density at radius 1 is 1.38 bits per heavy atom. The zero-order valence-electron chi connectivity index (χ0n) is 12.6. The van der Waals surface area contributed by atoms with Gasteiger partial charge in [-0.05, 0) is 50.7 Å². The number of rotatable bonds is 5. The third kappa shape index (κ3) is 3.55. The second kappa shape index (κ2) is 5.93. The topological polar surface area (TPSA) is 41.5 Å². The second-order valence-electron chi connectivity index (χ2n) is 6.60. The summed E-state index contributed by atoms with van der Waals surface area (Å²) < 4.78 is 19.4. The van der Waals surface area contributed by atoms with Crippen molar-refractivity contribution in [2.75, 3.05) is 6.61 Å². The zero-order chi connectivity index (χ0) is 14.9. The smallest absolute Gasteiger partial charge is 0.126 e. The van der Waals surface area contributed by atoms with Gasteiger partial charge in [-0.25, -0.2) is 4.39 Å². The molecule has 21 heavy (non-hydrogen) atoms. The Bertz CT molecular complexity index is 504. The number of aryl methyl sites for hydroxylation is 1. The molecule has 0 bridgehead atoms. The van der Waals surface area contributed by atoms with Crippen LogP contribution >= 0.6 is 0 Å². The minimum atomic E-state index is -0.268. The quantitative estimate of drug-likeness (QED) is 0.877. The predicted octanol–water partition coefficient (Wildman–Crippen LogP) is 2.94. The molecule has 0 saturated heterocycles. The molecule has 2 atom stereocenters. The van der Waals surface area contributed by atoms with Gasteiger partial charge < -0.3 is 15.2 Å². The molecule has 116 valence electrons. The van der Waals surface area contributed by atoms with E-state index in [-0.39, 0.29) is 24.1 Å². The Labute approximate surface area is 125 Å². The predicted molar refractivity (Wildman–Crippen MR) is 80.0 cm³/mol. The maximum Gasteiger partial charge on any atom is 0.126 e. The Kier molecular flexibility index (Phi) is 4.18. The number of benzene rings is 1. The Morgan fingerprint density at radius 2 is 2.19 bits per heavy atom. The van der Waals surface area contributed by atoms with Crippen LogP contribution in [0.2, 0.25) is 0 Å². The highest BCUT2D eigenvalue weighted by Gasteiger charge is 2.40. The number of aliphatic hydroxyl groups is 1. The minimum absolute atomic E-state index is 0.0395. The third-order valence-electron chi connectivity index (χ3n) is 4.63. The maximum atomic E-state index is 13.4. The molecule has 2 unspecified atom stereocenters. The van der Waals surface area contributed by atoms with Crippen molar-refractivity contribution in [1.82, 2.24) is 5.32 Å². The van der Waals surface area contributed by atoms with Gasteiger partial charge in [-0.15, -0.1) is 0 Å². The normalized spacial score (nSPS) is 29.4. The lowest BCUT2D eigenvalue weighted by molar-refractivity contribution is 0.0493. The van der Waals surface area contributed by atoms with Crippen LogP contribution in [-0.4, -0.2) is 29.4 Å². The third-order valence-corrected chi connectivity index (χ3v) is 4.63. The number of aliphatic hydroxyl groups excluding tert-OH is 1. The molecule has 0 heterocycles. The molecule has 2 N–H and O–H groups in total. The molecule has 3 nitrogen and oxygen atoms in total. The van der Waals surface area contributed by atoms with Gasteiger partial charge in [-0.2, -0.15) is 0 Å². The van der Waals surface area contributed by atoms with Crippen molar-refractivity contribution >= 4 is 0 Å². The van der Waals surface area contributed by atoms with Crippen LogP contribution < -0.4 is 10.1 Å². The first-order valence-corrected chi connectivity index (χ1v) is 7.92. The zero-order valence-corrected chi connectivity index (χ0v) is 12.6. The van der Waals surface area contributed by atoms with E-state index in [2.05, 4.69) is 5.32 Å². The number of hydrogen-bond donors (Lipinski definition) is 2. The fraction of sp³-hybridized carbons (Fsp3) is 0.647. The summed E-state index contributed by atoms with van der Waals surface area (Å²) in [4.78, 5) is 0. The summed E-state index contributed by atoms with van der Waals surface area (Å²) in [5.41, 5.74) is 0.734. The van der Waals surface area contributed by atoms with E-state index in [1.54, 1.807) is 6.07 Å². The molecule has 1 aromatic rings. The first-order chi connectivity index (χ1) is 10.1. The highest BCUT2D eigenvalue weighted by Crippen LogP contribution is 2.35. The molecule has 0 spiro atoms. The van der Waals surface area contributed by atoms with Gasteiger partial charge in [-0.1, -0.05) is 6.07 Å². The summed E-state index contributed by atoms with van der Waals surface area (Å²) in [6.45, 7) is 2.07. The van der Waals surface area contributed by atoms with Crippen LogP contribution in [0.15, 0.2) is 18.2 Å². The number of nitrogens with one attached hydrogen (secondary N) is 1. The van der Waals surface area contributed by atoms with E-state index in [0.29, 0.717) is 11.8 Å². The first-order valence-electron chi connectivity index (χ1n) is 7.92. The summed E-state index contributed by atoms with van der Waals surface area (Å²) in [7, 11) is 0. The van der Waals surface area contributed by atoms with Crippen molar-refractivity contribution in [3.63, 3.8) is 0 Å². The van der Waals surface area contributed by atoms with E-state index >= 15 is 0 Å². The van der Waals surface area contributed by atoms with Crippen molar-refractivity contribution in [3.8, 4) is 5.75 Å². The average molecular weight is 293 g/mol. The van der Waals surface area contributed by atoms with E-state index in [1.807, 2.05) is 6.92 Å². The fourth-order valence-corrected chi connectivity index (χ4v) is 3.27. The Balaban J connectivity index is 1.68. The van der Waals surface area contributed by atoms with Crippen LogP contribution in [-0.2, 0) is 0 Å². The standard InChI is InChI=1S/C17H24FNO2/c1-12-4-5-13(18)9-16(12)21-15-3-2-8-17(10-15,11-20)19-14-6-7-14/h4-5,9,14-15,19-20H,2-3,6-8,10-11H2,1H3. The molecule has 2 fully saturated rings. The second-order valence-corrected chi connectivity index (χ2v) is 6.60. The molecule has 3 rings (SSSR count). The van der Waals surface area contributed by atoms with Gasteiger partial charge in [0.05, 0.1) is 6.61 Å². The van der Waals surface area contributed by atoms with Crippen LogP contribution in [0.1, 0.15) is 44.1 Å². The lowest BCUT2D eigenvalue weighted by Gasteiger charge is -2.40. The van der Waals surface area contributed by atoms with E-state index in [9.17, 15) is 9.50 Å². The molecule has 0 amide bonds. The summed E-state index contributed by atoms with van der Waals surface area (Å²) in [6.07, 6.45) is 6.21. The van der Waals surface area contributed by atoms with Gasteiger partial charge in [0.15, 0.2) is 0 Å². The van der Waals surface area contributed by atoms with Crippen molar-refractivity contribution in [2.45, 2.75) is 63.1 Å². The van der Waals surface area contributed by atoms with Crippen molar-refractivity contribution in [3.05, 3.63) is 29.6 Å². The minimum Gasteiger partial charge on any atom is -0.490 e. The lowest BCUT2D eigenvalue weighted by Crippen LogP contribution is -2.54. The molecule has 2 aliphatic rings. The highest BCUT2D eigenvalue weighted by atomic mass is 19.1. The Morgan fingerprint density at radius 3 is 2.90 bits per heavy atom. The maximum absolute atomic E-state index is 13.4. The summed E-state index contributed by atoms with van der Waals surface area (Å²) in [5.74, 6) is 0.357. The van der Waals surface area contributed by atoms with Gasteiger partial charge in [0.1, 0.15) is 17.7 Å². The number of hydrogen-bond acceptors (Lipinski definition) is 3. The molecule has 1 aromatic carbocycles. The molecular formula is C17H24FNO2.